The Balaban J connectivity index is 1.52. The Bertz CT molecular complexity index is 1200. The Morgan fingerprint density at radius 3 is 2.89 bits per heavy atom. The summed E-state index contributed by atoms with van der Waals surface area (Å²) in [6.07, 6.45) is 0. The predicted molar refractivity (Wildman–Crippen MR) is 108 cm³/mol. The number of rotatable bonds is 5. The average molecular weight is 376 g/mol. The second kappa shape index (κ2) is 7.19. The Morgan fingerprint density at radius 1 is 1.25 bits per heavy atom. The van der Waals surface area contributed by atoms with E-state index >= 15 is 0 Å². The number of imidazole rings is 1. The number of fused-ring (bicyclic) bond motifs is 2. The molecule has 1 amide bonds. The molecule has 0 fully saturated rings. The molecule has 0 unspecified atom stereocenters. The number of nitrogens with one attached hydrogen (secondary N) is 1. The maximum Gasteiger partial charge on any atom is 0.260 e. The number of aromatic nitrogens is 2. The van der Waals surface area contributed by atoms with Gasteiger partial charge in [-0.25, -0.2) is 10.4 Å². The van der Waals surface area contributed by atoms with Crippen molar-refractivity contribution >= 4 is 33.6 Å². The second-order valence-corrected chi connectivity index (χ2v) is 6.46. The van der Waals surface area contributed by atoms with Gasteiger partial charge in [-0.05, 0) is 38.1 Å². The fourth-order valence-corrected chi connectivity index (χ4v) is 3.15. The third kappa shape index (κ3) is 3.22. The molecule has 0 atom stereocenters. The molecular formula is C21H20N4O3. The summed E-state index contributed by atoms with van der Waals surface area (Å²) < 4.78 is 13.0. The standard InChI is InChI=1S/C21H20N4O3/c1-13(19-11-15-7-6-10-18(27-3)21(15)28-19)23-24-20(26)12-25-14(2)22-16-8-4-5-9-17(16)25/h4-11H,12H2,1-3H3,(H,24,26)/b23-13-. The lowest BCUT2D eigenvalue weighted by Crippen LogP contribution is -2.24. The molecule has 2 heterocycles. The molecule has 0 aliphatic heterocycles. The second-order valence-electron chi connectivity index (χ2n) is 6.46. The number of benzene rings is 2. The molecule has 0 radical (unpaired) electrons. The molecule has 0 bridgehead atoms. The Labute approximate surface area is 161 Å². The van der Waals surface area contributed by atoms with Crippen molar-refractivity contribution in [2.24, 2.45) is 5.10 Å². The molecule has 0 saturated carbocycles. The SMILES string of the molecule is COc1cccc2cc(/C(C)=N\NC(=O)Cn3c(C)nc4ccccc43)oc12. The minimum absolute atomic E-state index is 0.136. The number of nitrogens with zero attached hydrogens (tertiary/aromatic N) is 3. The van der Waals surface area contributed by atoms with E-state index < -0.39 is 0 Å². The van der Waals surface area contributed by atoms with Gasteiger partial charge in [0.2, 0.25) is 0 Å². The lowest BCUT2D eigenvalue weighted by atomic mass is 10.2. The van der Waals surface area contributed by atoms with Gasteiger partial charge in [0, 0.05) is 5.39 Å². The number of hydrogen-bond acceptors (Lipinski definition) is 5. The minimum Gasteiger partial charge on any atom is -0.493 e. The van der Waals surface area contributed by atoms with Crippen LogP contribution >= 0.6 is 0 Å². The molecule has 1 N–H and O–H groups in total. The van der Waals surface area contributed by atoms with Crippen LogP contribution in [0.25, 0.3) is 22.0 Å². The first-order valence-electron chi connectivity index (χ1n) is 8.88. The van der Waals surface area contributed by atoms with E-state index in [0.29, 0.717) is 22.8 Å². The zero-order valence-corrected chi connectivity index (χ0v) is 15.9. The number of para-hydroxylation sites is 3. The summed E-state index contributed by atoms with van der Waals surface area (Å²) in [4.78, 5) is 16.9. The molecule has 2 aromatic heterocycles. The van der Waals surface area contributed by atoms with E-state index in [4.69, 9.17) is 9.15 Å². The summed E-state index contributed by atoms with van der Waals surface area (Å²) in [7, 11) is 1.60. The molecule has 4 rings (SSSR count). The highest BCUT2D eigenvalue weighted by Crippen LogP contribution is 2.28. The minimum atomic E-state index is -0.237. The van der Waals surface area contributed by atoms with Crippen LogP contribution in [-0.2, 0) is 11.3 Å². The van der Waals surface area contributed by atoms with E-state index in [9.17, 15) is 4.79 Å². The van der Waals surface area contributed by atoms with E-state index in [1.54, 1.807) is 14.0 Å². The van der Waals surface area contributed by atoms with Crippen molar-refractivity contribution in [1.29, 1.82) is 0 Å². The molecule has 7 heteroatoms. The van der Waals surface area contributed by atoms with Gasteiger partial charge >= 0.3 is 0 Å². The normalized spacial score (nSPS) is 11.9. The average Bonchev–Trinajstić information content (AvgIpc) is 3.27. The van der Waals surface area contributed by atoms with E-state index in [1.165, 1.54) is 0 Å². The van der Waals surface area contributed by atoms with Crippen molar-refractivity contribution in [3.05, 3.63) is 60.1 Å². The van der Waals surface area contributed by atoms with Crippen molar-refractivity contribution in [2.45, 2.75) is 20.4 Å². The quantitative estimate of drug-likeness (QED) is 0.426. The van der Waals surface area contributed by atoms with Gasteiger partial charge in [-0.15, -0.1) is 0 Å². The lowest BCUT2D eigenvalue weighted by molar-refractivity contribution is -0.121. The first-order valence-corrected chi connectivity index (χ1v) is 8.88. The number of hydrogen-bond donors (Lipinski definition) is 1. The Kier molecular flexibility index (Phi) is 4.57. The number of methoxy groups -OCH3 is 1. The first kappa shape index (κ1) is 17.8. The molecular weight excluding hydrogens is 356 g/mol. The molecule has 142 valence electrons. The van der Waals surface area contributed by atoms with Crippen LogP contribution in [0.15, 0.2) is 58.0 Å². The van der Waals surface area contributed by atoms with Gasteiger partial charge < -0.3 is 13.7 Å². The lowest BCUT2D eigenvalue weighted by Gasteiger charge is -2.06. The Hall–Kier alpha value is -3.61. The number of hydrazone groups is 1. The van der Waals surface area contributed by atoms with Crippen LogP contribution in [0, 0.1) is 6.92 Å². The van der Waals surface area contributed by atoms with Gasteiger partial charge in [-0.2, -0.15) is 5.10 Å². The highest BCUT2D eigenvalue weighted by molar-refractivity contribution is 6.01. The maximum absolute atomic E-state index is 12.4. The van der Waals surface area contributed by atoms with Crippen molar-refractivity contribution in [3.8, 4) is 5.75 Å². The summed E-state index contributed by atoms with van der Waals surface area (Å²) in [5.41, 5.74) is 5.60. The van der Waals surface area contributed by atoms with Crippen LogP contribution in [-0.4, -0.2) is 28.3 Å². The third-order valence-corrected chi connectivity index (χ3v) is 4.58. The highest BCUT2D eigenvalue weighted by Gasteiger charge is 2.13. The van der Waals surface area contributed by atoms with Crippen molar-refractivity contribution in [3.63, 3.8) is 0 Å². The summed E-state index contributed by atoms with van der Waals surface area (Å²) in [6.45, 7) is 3.79. The topological polar surface area (TPSA) is 81.6 Å². The zero-order chi connectivity index (χ0) is 19.7. The van der Waals surface area contributed by atoms with Crippen LogP contribution in [0.5, 0.6) is 5.75 Å². The van der Waals surface area contributed by atoms with Gasteiger partial charge in [0.05, 0.1) is 18.1 Å². The summed E-state index contributed by atoms with van der Waals surface area (Å²) >= 11 is 0. The van der Waals surface area contributed by atoms with Crippen molar-refractivity contribution in [1.82, 2.24) is 15.0 Å². The molecule has 28 heavy (non-hydrogen) atoms. The largest absolute Gasteiger partial charge is 0.493 e. The summed E-state index contributed by atoms with van der Waals surface area (Å²) in [6, 6.07) is 15.3. The first-order chi connectivity index (χ1) is 13.6. The molecule has 0 aliphatic rings. The number of ether oxygens (including phenoxy) is 1. The number of carbonyl (C=O) groups excluding carboxylic acids is 1. The van der Waals surface area contributed by atoms with Gasteiger partial charge in [0.1, 0.15) is 18.1 Å². The molecule has 0 aliphatic carbocycles. The van der Waals surface area contributed by atoms with Gasteiger partial charge in [0.15, 0.2) is 17.1 Å². The van der Waals surface area contributed by atoms with Crippen molar-refractivity contribution < 1.29 is 13.9 Å². The zero-order valence-electron chi connectivity index (χ0n) is 15.9. The van der Waals surface area contributed by atoms with E-state index in [0.717, 1.165) is 22.2 Å². The molecule has 0 saturated heterocycles. The van der Waals surface area contributed by atoms with Crippen LogP contribution < -0.4 is 10.2 Å². The van der Waals surface area contributed by atoms with Crippen LogP contribution in [0.1, 0.15) is 18.5 Å². The number of furan rings is 1. The molecule has 0 spiro atoms. The van der Waals surface area contributed by atoms with Crippen LogP contribution in [0.3, 0.4) is 0 Å². The highest BCUT2D eigenvalue weighted by atomic mass is 16.5. The fraction of sp³-hybridized carbons (Fsp3) is 0.190. The van der Waals surface area contributed by atoms with E-state index in [-0.39, 0.29) is 12.5 Å². The van der Waals surface area contributed by atoms with E-state index in [1.807, 2.05) is 60.0 Å². The van der Waals surface area contributed by atoms with Crippen molar-refractivity contribution in [2.75, 3.05) is 7.11 Å². The molecule has 7 nitrogen and oxygen atoms in total. The van der Waals surface area contributed by atoms with Crippen LogP contribution in [0.4, 0.5) is 0 Å². The van der Waals surface area contributed by atoms with Crippen LogP contribution in [0.2, 0.25) is 0 Å². The predicted octanol–water partition coefficient (Wildman–Crippen LogP) is 3.64. The number of amides is 1. The van der Waals surface area contributed by atoms with E-state index in [2.05, 4.69) is 15.5 Å². The molecule has 4 aromatic rings. The van der Waals surface area contributed by atoms with Gasteiger partial charge in [-0.3, -0.25) is 4.79 Å². The monoisotopic (exact) mass is 376 g/mol. The fourth-order valence-electron chi connectivity index (χ4n) is 3.15. The molecule has 2 aromatic carbocycles. The van der Waals surface area contributed by atoms with Gasteiger partial charge in [0.25, 0.3) is 5.91 Å². The summed E-state index contributed by atoms with van der Waals surface area (Å²) in [5, 5.41) is 5.10. The van der Waals surface area contributed by atoms with Gasteiger partial charge in [-0.1, -0.05) is 24.3 Å². The number of carbonyl (C=O) groups is 1. The number of aryl methyl sites for hydroxylation is 1. The Morgan fingerprint density at radius 2 is 2.07 bits per heavy atom. The third-order valence-electron chi connectivity index (χ3n) is 4.58. The maximum atomic E-state index is 12.4. The smallest absolute Gasteiger partial charge is 0.260 e. The summed E-state index contributed by atoms with van der Waals surface area (Å²) in [5.74, 6) is 1.77.